The quantitative estimate of drug-likeness (QED) is 0.719. The SMILES string of the molecule is CCC1(O)CC(Nc2ncc3c(C4=NC5=C(CC4)N=C(C)[C@]5(C)C(C)C)c(F)cn3n2)C1. The van der Waals surface area contributed by atoms with Crippen LogP contribution in [0.25, 0.3) is 5.52 Å². The molecule has 3 aliphatic rings. The number of halogens is 1. The van der Waals surface area contributed by atoms with Crippen molar-refractivity contribution in [1.29, 1.82) is 0 Å². The van der Waals surface area contributed by atoms with E-state index in [1.54, 1.807) is 6.20 Å². The van der Waals surface area contributed by atoms with Gasteiger partial charge in [-0.1, -0.05) is 20.8 Å². The number of rotatable bonds is 5. The molecule has 1 aliphatic carbocycles. The van der Waals surface area contributed by atoms with Crippen LogP contribution in [0.4, 0.5) is 10.3 Å². The second-order valence-corrected chi connectivity index (χ2v) is 10.00. The molecule has 7 nitrogen and oxygen atoms in total. The fourth-order valence-electron chi connectivity index (χ4n) is 5.21. The molecule has 2 aromatic rings. The average Bonchev–Trinajstić information content (AvgIpc) is 3.19. The van der Waals surface area contributed by atoms with Crippen molar-refractivity contribution in [1.82, 2.24) is 14.6 Å². The standard InChI is InChI=1S/C24H31FN6O/c1-6-24(32)9-15(10-24)28-22-26-11-19-20(16(25)12-31(19)30-22)17-7-8-18-21(29-17)23(5,13(2)3)14(4)27-18/h11-13,15,32H,6-10H2,1-5H3,(H,28,30)/t15?,23-,24?/m0/s1. The Morgan fingerprint density at radius 3 is 2.72 bits per heavy atom. The van der Waals surface area contributed by atoms with Crippen LogP contribution in [0.2, 0.25) is 0 Å². The van der Waals surface area contributed by atoms with Gasteiger partial charge in [-0.05, 0) is 51.9 Å². The molecule has 0 spiro atoms. The third-order valence-electron chi connectivity index (χ3n) is 7.84. The molecule has 2 aliphatic heterocycles. The van der Waals surface area contributed by atoms with E-state index in [-0.39, 0.29) is 17.3 Å². The van der Waals surface area contributed by atoms with Crippen molar-refractivity contribution in [3.05, 3.63) is 35.2 Å². The maximum Gasteiger partial charge on any atom is 0.241 e. The number of anilines is 1. The van der Waals surface area contributed by atoms with Gasteiger partial charge in [-0.15, -0.1) is 5.10 Å². The van der Waals surface area contributed by atoms with Crippen LogP contribution in [0.5, 0.6) is 0 Å². The molecule has 0 amide bonds. The summed E-state index contributed by atoms with van der Waals surface area (Å²) in [7, 11) is 0. The van der Waals surface area contributed by atoms with E-state index >= 15 is 4.39 Å². The number of hydrogen-bond acceptors (Lipinski definition) is 6. The van der Waals surface area contributed by atoms with E-state index in [4.69, 9.17) is 9.98 Å². The van der Waals surface area contributed by atoms with Gasteiger partial charge in [0, 0.05) is 11.8 Å². The van der Waals surface area contributed by atoms with Gasteiger partial charge in [0.1, 0.15) is 0 Å². The highest BCUT2D eigenvalue weighted by molar-refractivity contribution is 6.08. The van der Waals surface area contributed by atoms with Gasteiger partial charge in [0.2, 0.25) is 5.95 Å². The lowest BCUT2D eigenvalue weighted by Gasteiger charge is -2.43. The van der Waals surface area contributed by atoms with Crippen LogP contribution in [0.15, 0.2) is 33.8 Å². The second-order valence-electron chi connectivity index (χ2n) is 10.00. The van der Waals surface area contributed by atoms with Gasteiger partial charge in [-0.3, -0.25) is 9.98 Å². The lowest BCUT2D eigenvalue weighted by Crippen LogP contribution is -2.50. The van der Waals surface area contributed by atoms with Crippen molar-refractivity contribution in [3.63, 3.8) is 0 Å². The summed E-state index contributed by atoms with van der Waals surface area (Å²) in [6, 6.07) is 0.129. The Morgan fingerprint density at radius 2 is 2.03 bits per heavy atom. The number of hydrogen-bond donors (Lipinski definition) is 2. The maximum absolute atomic E-state index is 15.1. The van der Waals surface area contributed by atoms with Gasteiger partial charge in [-0.25, -0.2) is 13.9 Å². The number of fused-ring (bicyclic) bond motifs is 1. The Bertz CT molecular complexity index is 1190. The van der Waals surface area contributed by atoms with E-state index in [0.29, 0.717) is 42.2 Å². The van der Waals surface area contributed by atoms with Gasteiger partial charge < -0.3 is 10.4 Å². The van der Waals surface area contributed by atoms with Gasteiger partial charge in [0.25, 0.3) is 0 Å². The largest absolute Gasteiger partial charge is 0.390 e. The third-order valence-corrected chi connectivity index (χ3v) is 7.84. The minimum absolute atomic E-state index is 0.129. The topological polar surface area (TPSA) is 87.2 Å². The summed E-state index contributed by atoms with van der Waals surface area (Å²) in [5, 5.41) is 17.9. The number of nitrogens with one attached hydrogen (secondary N) is 1. The van der Waals surface area contributed by atoms with Crippen LogP contribution >= 0.6 is 0 Å². The summed E-state index contributed by atoms with van der Waals surface area (Å²) < 4.78 is 16.6. The van der Waals surface area contributed by atoms with Crippen molar-refractivity contribution >= 4 is 22.9 Å². The Kier molecular flexibility index (Phi) is 4.78. The minimum Gasteiger partial charge on any atom is -0.390 e. The highest BCUT2D eigenvalue weighted by Gasteiger charge is 2.44. The first-order valence-corrected chi connectivity index (χ1v) is 11.5. The molecule has 0 radical (unpaired) electrons. The maximum atomic E-state index is 15.1. The number of allylic oxidation sites excluding steroid dienone is 2. The zero-order chi connectivity index (χ0) is 22.8. The first-order valence-electron chi connectivity index (χ1n) is 11.5. The van der Waals surface area contributed by atoms with Gasteiger partial charge in [0.15, 0.2) is 5.82 Å². The average molecular weight is 439 g/mol. The summed E-state index contributed by atoms with van der Waals surface area (Å²) >= 11 is 0. The summed E-state index contributed by atoms with van der Waals surface area (Å²) in [6.45, 7) is 10.6. The van der Waals surface area contributed by atoms with Crippen LogP contribution in [0.3, 0.4) is 0 Å². The molecule has 8 heteroatoms. The molecule has 4 heterocycles. The van der Waals surface area contributed by atoms with Gasteiger partial charge in [0.05, 0.1) is 51.6 Å². The Morgan fingerprint density at radius 1 is 1.28 bits per heavy atom. The summed E-state index contributed by atoms with van der Waals surface area (Å²) in [4.78, 5) is 14.2. The zero-order valence-electron chi connectivity index (χ0n) is 19.4. The van der Waals surface area contributed by atoms with E-state index < -0.39 is 5.60 Å². The van der Waals surface area contributed by atoms with Crippen molar-refractivity contribution in [2.45, 2.75) is 78.4 Å². The van der Waals surface area contributed by atoms with Crippen LogP contribution in [-0.2, 0) is 0 Å². The van der Waals surface area contributed by atoms with E-state index in [2.05, 4.69) is 43.1 Å². The summed E-state index contributed by atoms with van der Waals surface area (Å²) in [5.41, 5.74) is 4.07. The molecule has 1 atom stereocenters. The zero-order valence-corrected chi connectivity index (χ0v) is 19.4. The Balaban J connectivity index is 1.45. The molecule has 2 aromatic heterocycles. The molecular formula is C24H31FN6O. The monoisotopic (exact) mass is 438 g/mol. The van der Waals surface area contributed by atoms with E-state index in [1.165, 1.54) is 10.7 Å². The molecule has 0 bridgehead atoms. The first kappa shape index (κ1) is 21.2. The molecule has 0 unspecified atom stereocenters. The van der Waals surface area contributed by atoms with Crippen molar-refractivity contribution in [3.8, 4) is 0 Å². The van der Waals surface area contributed by atoms with Crippen LogP contribution in [-0.4, -0.2) is 42.8 Å². The molecule has 0 saturated heterocycles. The van der Waals surface area contributed by atoms with Crippen molar-refractivity contribution in [2.24, 2.45) is 21.3 Å². The fraction of sp³-hybridized carbons (Fsp3) is 0.583. The molecule has 170 valence electrons. The lowest BCUT2D eigenvalue weighted by molar-refractivity contribution is -0.0442. The van der Waals surface area contributed by atoms with E-state index in [0.717, 1.165) is 35.7 Å². The smallest absolute Gasteiger partial charge is 0.241 e. The van der Waals surface area contributed by atoms with E-state index in [1.807, 2.05) is 6.92 Å². The van der Waals surface area contributed by atoms with Crippen LogP contribution in [0, 0.1) is 17.2 Å². The third kappa shape index (κ3) is 3.10. The predicted octanol–water partition coefficient (Wildman–Crippen LogP) is 4.52. The molecule has 1 saturated carbocycles. The number of aliphatic imine (C=N–C) groups is 2. The number of aliphatic hydroxyl groups is 1. The highest BCUT2D eigenvalue weighted by atomic mass is 19.1. The van der Waals surface area contributed by atoms with Gasteiger partial charge >= 0.3 is 0 Å². The van der Waals surface area contributed by atoms with Crippen LogP contribution < -0.4 is 5.32 Å². The summed E-state index contributed by atoms with van der Waals surface area (Å²) in [6.07, 6.45) is 6.51. The van der Waals surface area contributed by atoms with Crippen LogP contribution in [0.1, 0.15) is 72.3 Å². The number of nitrogens with zero attached hydrogens (tertiary/aromatic N) is 5. The number of aromatic nitrogens is 3. The molecule has 5 rings (SSSR count). The molecule has 32 heavy (non-hydrogen) atoms. The summed E-state index contributed by atoms with van der Waals surface area (Å²) in [5.74, 6) is 0.432. The predicted molar refractivity (Wildman–Crippen MR) is 124 cm³/mol. The molecular weight excluding hydrogens is 407 g/mol. The lowest BCUT2D eigenvalue weighted by atomic mass is 9.73. The minimum atomic E-state index is -0.589. The molecule has 0 aromatic carbocycles. The first-order chi connectivity index (χ1) is 15.1. The Hall–Kier alpha value is -2.61. The second kappa shape index (κ2) is 7.20. The normalized spacial score (nSPS) is 29.8. The Labute approximate surface area is 187 Å². The van der Waals surface area contributed by atoms with Crippen molar-refractivity contribution in [2.75, 3.05) is 5.32 Å². The molecule has 1 fully saturated rings. The van der Waals surface area contributed by atoms with Crippen molar-refractivity contribution < 1.29 is 9.50 Å². The fourth-order valence-corrected chi connectivity index (χ4v) is 5.21. The molecule has 2 N–H and O–H groups in total. The van der Waals surface area contributed by atoms with Gasteiger partial charge in [-0.2, -0.15) is 0 Å². The van der Waals surface area contributed by atoms with E-state index in [9.17, 15) is 5.11 Å². The highest BCUT2D eigenvalue weighted by Crippen LogP contribution is 2.47.